The lowest BCUT2D eigenvalue weighted by Gasteiger charge is -2.10. The predicted octanol–water partition coefficient (Wildman–Crippen LogP) is 4.74. The Morgan fingerprint density at radius 1 is 1.29 bits per heavy atom. The molecular formula is C18H25NO2. The first kappa shape index (κ1) is 15.6. The summed E-state index contributed by atoms with van der Waals surface area (Å²) in [6.07, 6.45) is 1.92. The van der Waals surface area contributed by atoms with Crippen LogP contribution in [0.4, 0.5) is 0 Å². The van der Waals surface area contributed by atoms with E-state index in [-0.39, 0.29) is 0 Å². The van der Waals surface area contributed by atoms with Gasteiger partial charge in [0.1, 0.15) is 0 Å². The number of aromatic carboxylic acids is 1. The van der Waals surface area contributed by atoms with E-state index in [1.54, 1.807) is 0 Å². The number of hydrogen-bond acceptors (Lipinski definition) is 1. The zero-order chi connectivity index (χ0) is 15.7. The van der Waals surface area contributed by atoms with Crippen LogP contribution in [0.1, 0.15) is 67.2 Å². The summed E-state index contributed by atoms with van der Waals surface area (Å²) < 4.78 is 2.37. The van der Waals surface area contributed by atoms with E-state index in [2.05, 4.69) is 39.2 Å². The van der Waals surface area contributed by atoms with Crippen LogP contribution in [0, 0.1) is 6.92 Å². The van der Waals surface area contributed by atoms with Crippen molar-refractivity contribution in [1.29, 1.82) is 0 Å². The molecule has 1 N–H and O–H groups in total. The summed E-state index contributed by atoms with van der Waals surface area (Å²) in [4.78, 5) is 11.4. The second kappa shape index (κ2) is 5.92. The molecule has 0 aliphatic carbocycles. The Morgan fingerprint density at radius 2 is 1.95 bits per heavy atom. The van der Waals surface area contributed by atoms with Crippen LogP contribution in [0.5, 0.6) is 0 Å². The van der Waals surface area contributed by atoms with Crippen molar-refractivity contribution in [2.24, 2.45) is 0 Å². The molecule has 0 unspecified atom stereocenters. The molecule has 1 aromatic carbocycles. The van der Waals surface area contributed by atoms with Gasteiger partial charge < -0.3 is 9.67 Å². The summed E-state index contributed by atoms with van der Waals surface area (Å²) in [5, 5.41) is 10.5. The second-order valence-corrected chi connectivity index (χ2v) is 6.00. The largest absolute Gasteiger partial charge is 0.478 e. The number of carbonyl (C=O) groups is 1. The van der Waals surface area contributed by atoms with Crippen molar-refractivity contribution in [1.82, 2.24) is 4.57 Å². The minimum absolute atomic E-state index is 0.388. The zero-order valence-corrected chi connectivity index (χ0v) is 13.7. The van der Waals surface area contributed by atoms with Gasteiger partial charge in [0.25, 0.3) is 0 Å². The number of aryl methyl sites for hydroxylation is 2. The molecule has 3 nitrogen and oxygen atoms in total. The van der Waals surface area contributed by atoms with Gasteiger partial charge in [-0.2, -0.15) is 0 Å². The van der Waals surface area contributed by atoms with Crippen LogP contribution < -0.4 is 0 Å². The highest BCUT2D eigenvalue weighted by molar-refractivity contribution is 5.97. The van der Waals surface area contributed by atoms with E-state index >= 15 is 0 Å². The third kappa shape index (κ3) is 2.57. The highest BCUT2D eigenvalue weighted by Gasteiger charge is 2.20. The first-order chi connectivity index (χ1) is 9.92. The van der Waals surface area contributed by atoms with E-state index < -0.39 is 5.97 Å². The van der Waals surface area contributed by atoms with Gasteiger partial charge in [-0.1, -0.05) is 27.7 Å². The lowest BCUT2D eigenvalue weighted by Crippen LogP contribution is -2.03. The molecule has 0 atom stereocenters. The van der Waals surface area contributed by atoms with Gasteiger partial charge in [-0.3, -0.25) is 0 Å². The fourth-order valence-electron chi connectivity index (χ4n) is 3.35. The van der Waals surface area contributed by atoms with Crippen LogP contribution in [0.2, 0.25) is 0 Å². The van der Waals surface area contributed by atoms with E-state index in [1.807, 2.05) is 12.1 Å². The Kier molecular flexibility index (Phi) is 4.40. The average Bonchev–Trinajstić information content (AvgIpc) is 2.71. The van der Waals surface area contributed by atoms with Crippen LogP contribution in [0.15, 0.2) is 12.1 Å². The molecule has 0 radical (unpaired) electrons. The molecule has 1 heterocycles. The minimum Gasteiger partial charge on any atom is -0.478 e. The fourth-order valence-corrected chi connectivity index (χ4v) is 3.35. The molecule has 0 saturated heterocycles. The third-order valence-corrected chi connectivity index (χ3v) is 4.20. The second-order valence-electron chi connectivity index (χ2n) is 6.00. The van der Waals surface area contributed by atoms with Gasteiger partial charge in [0.15, 0.2) is 0 Å². The van der Waals surface area contributed by atoms with E-state index in [9.17, 15) is 9.90 Å². The van der Waals surface area contributed by atoms with Crippen molar-refractivity contribution in [3.63, 3.8) is 0 Å². The first-order valence-electron chi connectivity index (χ1n) is 7.81. The Bertz CT molecular complexity index is 680. The Hall–Kier alpha value is -1.77. The number of rotatable bonds is 5. The average molecular weight is 287 g/mol. The summed E-state index contributed by atoms with van der Waals surface area (Å²) in [5.41, 5.74) is 5.32. The smallest absolute Gasteiger partial charge is 0.335 e. The summed E-state index contributed by atoms with van der Waals surface area (Å²) in [6.45, 7) is 11.8. The maximum absolute atomic E-state index is 11.4. The Balaban J connectivity index is 2.92. The molecule has 0 spiro atoms. The van der Waals surface area contributed by atoms with Crippen LogP contribution in [-0.2, 0) is 13.0 Å². The molecule has 114 valence electrons. The summed E-state index contributed by atoms with van der Waals surface area (Å²) >= 11 is 0. The molecule has 21 heavy (non-hydrogen) atoms. The normalized spacial score (nSPS) is 11.5. The van der Waals surface area contributed by atoms with Gasteiger partial charge >= 0.3 is 5.97 Å². The van der Waals surface area contributed by atoms with Gasteiger partial charge in [-0.25, -0.2) is 4.79 Å². The van der Waals surface area contributed by atoms with E-state index in [4.69, 9.17) is 0 Å². The molecule has 3 heteroatoms. The summed E-state index contributed by atoms with van der Waals surface area (Å²) in [5.74, 6) is -0.457. The molecular weight excluding hydrogens is 262 g/mol. The van der Waals surface area contributed by atoms with Crippen molar-refractivity contribution < 1.29 is 9.90 Å². The van der Waals surface area contributed by atoms with Crippen molar-refractivity contribution in [3.8, 4) is 0 Å². The molecule has 0 bridgehead atoms. The van der Waals surface area contributed by atoms with E-state index in [0.29, 0.717) is 11.5 Å². The number of hydrogen-bond donors (Lipinski definition) is 1. The van der Waals surface area contributed by atoms with Crippen molar-refractivity contribution in [3.05, 3.63) is 34.5 Å². The molecule has 1 aromatic heterocycles. The molecule has 0 aliphatic rings. The van der Waals surface area contributed by atoms with Crippen LogP contribution in [0.3, 0.4) is 0 Å². The first-order valence-corrected chi connectivity index (χ1v) is 7.81. The van der Waals surface area contributed by atoms with E-state index in [0.717, 1.165) is 30.3 Å². The Labute approximate surface area is 126 Å². The SMILES string of the molecule is CCCn1c(C)c(C(C)C)c2cc(C(=O)O)cc(CC)c21. The molecule has 0 fully saturated rings. The maximum Gasteiger partial charge on any atom is 0.335 e. The summed E-state index contributed by atoms with van der Waals surface area (Å²) in [6, 6.07) is 3.69. The van der Waals surface area contributed by atoms with Gasteiger partial charge in [-0.05, 0) is 48.9 Å². The highest BCUT2D eigenvalue weighted by atomic mass is 16.4. The highest BCUT2D eigenvalue weighted by Crippen LogP contribution is 2.35. The monoisotopic (exact) mass is 287 g/mol. The van der Waals surface area contributed by atoms with Gasteiger partial charge in [0.2, 0.25) is 0 Å². The van der Waals surface area contributed by atoms with Crippen molar-refractivity contribution in [2.45, 2.75) is 59.9 Å². The lowest BCUT2D eigenvalue weighted by molar-refractivity contribution is 0.0697. The third-order valence-electron chi connectivity index (χ3n) is 4.20. The zero-order valence-electron chi connectivity index (χ0n) is 13.7. The van der Waals surface area contributed by atoms with Gasteiger partial charge in [0.05, 0.1) is 11.1 Å². The number of carboxylic acids is 1. The topological polar surface area (TPSA) is 42.2 Å². The van der Waals surface area contributed by atoms with Gasteiger partial charge in [0, 0.05) is 17.6 Å². The Morgan fingerprint density at radius 3 is 2.43 bits per heavy atom. The molecule has 0 saturated carbocycles. The van der Waals surface area contributed by atoms with Crippen molar-refractivity contribution in [2.75, 3.05) is 0 Å². The summed E-state index contributed by atoms with van der Waals surface area (Å²) in [7, 11) is 0. The minimum atomic E-state index is -0.845. The fraction of sp³-hybridized carbons (Fsp3) is 0.500. The number of aromatic nitrogens is 1. The van der Waals surface area contributed by atoms with Crippen LogP contribution in [-0.4, -0.2) is 15.6 Å². The quantitative estimate of drug-likeness (QED) is 0.862. The van der Waals surface area contributed by atoms with Gasteiger partial charge in [-0.15, -0.1) is 0 Å². The number of benzene rings is 1. The maximum atomic E-state index is 11.4. The molecule has 0 amide bonds. The van der Waals surface area contributed by atoms with Crippen LogP contribution >= 0.6 is 0 Å². The van der Waals surface area contributed by atoms with Crippen molar-refractivity contribution >= 4 is 16.9 Å². The molecule has 2 aromatic rings. The number of fused-ring (bicyclic) bond motifs is 1. The molecule has 2 rings (SSSR count). The molecule has 0 aliphatic heterocycles. The van der Waals surface area contributed by atoms with E-state index in [1.165, 1.54) is 16.8 Å². The standard InChI is InChI=1S/C18H25NO2/c1-6-8-19-12(5)16(11(3)4)15-10-14(18(20)21)9-13(7-2)17(15)19/h9-11H,6-8H2,1-5H3,(H,20,21). The lowest BCUT2D eigenvalue weighted by atomic mass is 9.96. The number of nitrogens with zero attached hydrogens (tertiary/aromatic N) is 1. The number of carboxylic acid groups (broad SMARTS) is 1. The predicted molar refractivity (Wildman–Crippen MR) is 87.4 cm³/mol. The van der Waals surface area contributed by atoms with Crippen LogP contribution in [0.25, 0.3) is 10.9 Å².